The lowest BCUT2D eigenvalue weighted by Crippen LogP contribution is -1.98. The van der Waals surface area contributed by atoms with Gasteiger partial charge in [-0.3, -0.25) is 4.79 Å². The average molecular weight is 198 g/mol. The number of hydrogen-bond donors (Lipinski definition) is 0. The Morgan fingerprint density at radius 3 is 2.57 bits per heavy atom. The Kier molecular flexibility index (Phi) is 3.74. The van der Waals surface area contributed by atoms with Gasteiger partial charge >= 0.3 is 0 Å². The van der Waals surface area contributed by atoms with Crippen LogP contribution in [-0.4, -0.2) is 6.29 Å². The Morgan fingerprint density at radius 1 is 1.29 bits per heavy atom. The Labute approximate surface area is 81.7 Å². The van der Waals surface area contributed by atoms with Gasteiger partial charge < -0.3 is 0 Å². The number of unbranched alkanes of at least 4 members (excludes halogenated alkanes) is 1. The molecule has 14 heavy (non-hydrogen) atoms. The molecule has 1 aromatic carbocycles. The Bertz CT molecular complexity index is 334. The van der Waals surface area contributed by atoms with Crippen molar-refractivity contribution < 1.29 is 13.6 Å². The van der Waals surface area contributed by atoms with Gasteiger partial charge in [0.15, 0.2) is 17.9 Å². The number of carbonyl (C=O) groups is 1. The van der Waals surface area contributed by atoms with E-state index < -0.39 is 11.6 Å². The summed E-state index contributed by atoms with van der Waals surface area (Å²) in [7, 11) is 0. The number of carbonyl (C=O) groups excluding carboxylic acids is 1. The lowest BCUT2D eigenvalue weighted by atomic mass is 10.1. The van der Waals surface area contributed by atoms with Crippen molar-refractivity contribution in [1.29, 1.82) is 0 Å². The zero-order valence-electron chi connectivity index (χ0n) is 8.02. The van der Waals surface area contributed by atoms with Crippen LogP contribution in [0.2, 0.25) is 0 Å². The molecule has 0 fully saturated rings. The van der Waals surface area contributed by atoms with Crippen LogP contribution < -0.4 is 0 Å². The van der Waals surface area contributed by atoms with E-state index in [-0.39, 0.29) is 5.56 Å². The van der Waals surface area contributed by atoms with Crippen molar-refractivity contribution in [2.24, 2.45) is 0 Å². The SMILES string of the molecule is CCCCc1ccc(C=O)c(F)c1F. The maximum absolute atomic E-state index is 13.2. The summed E-state index contributed by atoms with van der Waals surface area (Å²) >= 11 is 0. The number of rotatable bonds is 4. The summed E-state index contributed by atoms with van der Waals surface area (Å²) in [6, 6.07) is 2.79. The predicted molar refractivity (Wildman–Crippen MR) is 50.4 cm³/mol. The van der Waals surface area contributed by atoms with Gasteiger partial charge in [0.2, 0.25) is 0 Å². The molecule has 0 atom stereocenters. The number of benzene rings is 1. The van der Waals surface area contributed by atoms with Gasteiger partial charge in [-0.25, -0.2) is 8.78 Å². The molecular weight excluding hydrogens is 186 g/mol. The fraction of sp³-hybridized carbons (Fsp3) is 0.364. The zero-order valence-corrected chi connectivity index (χ0v) is 8.02. The van der Waals surface area contributed by atoms with Crippen LogP contribution in [0.25, 0.3) is 0 Å². The van der Waals surface area contributed by atoms with Gasteiger partial charge in [-0.05, 0) is 24.5 Å². The standard InChI is InChI=1S/C11H12F2O/c1-2-3-4-8-5-6-9(7-14)11(13)10(8)12/h5-7H,2-4H2,1H3. The van der Waals surface area contributed by atoms with E-state index in [9.17, 15) is 13.6 Å². The molecular formula is C11H12F2O. The molecule has 0 unspecified atom stereocenters. The molecule has 1 aromatic rings. The summed E-state index contributed by atoms with van der Waals surface area (Å²) in [6.45, 7) is 1.98. The molecule has 0 bridgehead atoms. The highest BCUT2D eigenvalue weighted by Gasteiger charge is 2.11. The normalized spacial score (nSPS) is 10.2. The van der Waals surface area contributed by atoms with Crippen LogP contribution >= 0.6 is 0 Å². The second-order valence-corrected chi connectivity index (χ2v) is 3.16. The molecule has 0 saturated carbocycles. The molecule has 1 rings (SSSR count). The van der Waals surface area contributed by atoms with Crippen molar-refractivity contribution >= 4 is 6.29 Å². The fourth-order valence-corrected chi connectivity index (χ4v) is 1.26. The number of aldehydes is 1. The molecule has 0 saturated heterocycles. The minimum Gasteiger partial charge on any atom is -0.298 e. The van der Waals surface area contributed by atoms with Crippen LogP contribution in [0.1, 0.15) is 35.7 Å². The molecule has 0 aromatic heterocycles. The lowest BCUT2D eigenvalue weighted by molar-refractivity contribution is 0.111. The maximum Gasteiger partial charge on any atom is 0.169 e. The number of hydrogen-bond acceptors (Lipinski definition) is 1. The van der Waals surface area contributed by atoms with Crippen molar-refractivity contribution in [3.05, 3.63) is 34.9 Å². The molecule has 0 N–H and O–H groups in total. The van der Waals surface area contributed by atoms with Crippen molar-refractivity contribution in [2.45, 2.75) is 26.2 Å². The molecule has 0 aliphatic carbocycles. The molecule has 1 nitrogen and oxygen atoms in total. The summed E-state index contributed by atoms with van der Waals surface area (Å²) in [5.74, 6) is -1.92. The third kappa shape index (κ3) is 2.16. The topological polar surface area (TPSA) is 17.1 Å². The van der Waals surface area contributed by atoms with E-state index in [2.05, 4.69) is 0 Å². The van der Waals surface area contributed by atoms with Gasteiger partial charge in [0.25, 0.3) is 0 Å². The van der Waals surface area contributed by atoms with E-state index in [1.807, 2.05) is 6.92 Å². The zero-order chi connectivity index (χ0) is 10.6. The monoisotopic (exact) mass is 198 g/mol. The van der Waals surface area contributed by atoms with Crippen LogP contribution in [0, 0.1) is 11.6 Å². The lowest BCUT2D eigenvalue weighted by Gasteiger charge is -2.04. The highest BCUT2D eigenvalue weighted by molar-refractivity contribution is 5.75. The fourth-order valence-electron chi connectivity index (χ4n) is 1.26. The van der Waals surface area contributed by atoms with Gasteiger partial charge in [-0.2, -0.15) is 0 Å². The van der Waals surface area contributed by atoms with E-state index in [1.54, 1.807) is 0 Å². The molecule has 76 valence electrons. The van der Waals surface area contributed by atoms with Crippen LogP contribution in [0.4, 0.5) is 8.78 Å². The van der Waals surface area contributed by atoms with Gasteiger partial charge in [-0.15, -0.1) is 0 Å². The molecule has 0 aliphatic rings. The summed E-state index contributed by atoms with van der Waals surface area (Å²) < 4.78 is 26.3. The molecule has 3 heteroatoms. The highest BCUT2D eigenvalue weighted by Crippen LogP contribution is 2.16. The smallest absolute Gasteiger partial charge is 0.169 e. The maximum atomic E-state index is 13.2. The minimum absolute atomic E-state index is 0.220. The molecule has 0 radical (unpaired) electrons. The van der Waals surface area contributed by atoms with Crippen molar-refractivity contribution in [3.8, 4) is 0 Å². The second-order valence-electron chi connectivity index (χ2n) is 3.16. The van der Waals surface area contributed by atoms with Crippen LogP contribution in [0.5, 0.6) is 0 Å². The van der Waals surface area contributed by atoms with Gasteiger partial charge in [0.1, 0.15) is 0 Å². The van der Waals surface area contributed by atoms with Crippen LogP contribution in [0.15, 0.2) is 12.1 Å². The third-order valence-electron chi connectivity index (χ3n) is 2.12. The first kappa shape index (κ1) is 10.8. The first-order chi connectivity index (χ1) is 6.70. The number of halogens is 2. The van der Waals surface area contributed by atoms with Crippen LogP contribution in [0.3, 0.4) is 0 Å². The van der Waals surface area contributed by atoms with E-state index in [0.29, 0.717) is 18.3 Å². The quantitative estimate of drug-likeness (QED) is 0.679. The molecule has 0 spiro atoms. The largest absolute Gasteiger partial charge is 0.298 e. The van der Waals surface area contributed by atoms with Crippen molar-refractivity contribution in [2.75, 3.05) is 0 Å². The van der Waals surface area contributed by atoms with E-state index in [1.165, 1.54) is 12.1 Å². The molecule has 0 aliphatic heterocycles. The third-order valence-corrected chi connectivity index (χ3v) is 2.12. The first-order valence-corrected chi connectivity index (χ1v) is 4.62. The second kappa shape index (κ2) is 4.84. The summed E-state index contributed by atoms with van der Waals surface area (Å²) in [4.78, 5) is 10.3. The number of aryl methyl sites for hydroxylation is 1. The minimum atomic E-state index is -1.03. The van der Waals surface area contributed by atoms with Gasteiger partial charge in [-0.1, -0.05) is 19.4 Å². The van der Waals surface area contributed by atoms with Gasteiger partial charge in [0, 0.05) is 0 Å². The van der Waals surface area contributed by atoms with E-state index >= 15 is 0 Å². The predicted octanol–water partition coefficient (Wildman–Crippen LogP) is 3.12. The summed E-state index contributed by atoms with van der Waals surface area (Å²) in [6.07, 6.45) is 2.58. The highest BCUT2D eigenvalue weighted by atomic mass is 19.2. The first-order valence-electron chi connectivity index (χ1n) is 4.62. The van der Waals surface area contributed by atoms with E-state index in [4.69, 9.17) is 0 Å². The van der Waals surface area contributed by atoms with Crippen molar-refractivity contribution in [3.63, 3.8) is 0 Å². The van der Waals surface area contributed by atoms with Gasteiger partial charge in [0.05, 0.1) is 5.56 Å². The molecule has 0 amide bonds. The Morgan fingerprint density at radius 2 is 2.00 bits per heavy atom. The molecule has 0 heterocycles. The van der Waals surface area contributed by atoms with Crippen molar-refractivity contribution in [1.82, 2.24) is 0 Å². The summed E-state index contributed by atoms with van der Waals surface area (Å²) in [5.41, 5.74) is 0.123. The van der Waals surface area contributed by atoms with Crippen LogP contribution in [-0.2, 0) is 6.42 Å². The Balaban J connectivity index is 2.98. The van der Waals surface area contributed by atoms with E-state index in [0.717, 1.165) is 12.8 Å². The Hall–Kier alpha value is -1.25. The average Bonchev–Trinajstić information content (AvgIpc) is 2.20. The summed E-state index contributed by atoms with van der Waals surface area (Å²) in [5, 5.41) is 0.